The molecule has 0 bridgehead atoms. The zero-order chi connectivity index (χ0) is 25.5. The van der Waals surface area contributed by atoms with Crippen LogP contribution in [0.1, 0.15) is 35.7 Å². The Balaban J connectivity index is 1.29. The summed E-state index contributed by atoms with van der Waals surface area (Å²) in [6.07, 6.45) is 3.38. The number of para-hydroxylation sites is 1. The average Bonchev–Trinajstić information content (AvgIpc) is 2.87. The molecule has 1 unspecified atom stereocenters. The van der Waals surface area contributed by atoms with Gasteiger partial charge in [0, 0.05) is 25.7 Å². The van der Waals surface area contributed by atoms with Crippen LogP contribution in [0.2, 0.25) is 0 Å². The van der Waals surface area contributed by atoms with E-state index in [2.05, 4.69) is 10.3 Å². The number of likely N-dealkylation sites (tertiary alicyclic amines) is 1. The van der Waals surface area contributed by atoms with Crippen molar-refractivity contribution >= 4 is 23.5 Å². The molecule has 1 atom stereocenters. The molecule has 2 N–H and O–H groups in total. The summed E-state index contributed by atoms with van der Waals surface area (Å²) in [5.41, 5.74) is 0.930. The summed E-state index contributed by atoms with van der Waals surface area (Å²) in [5, 5.41) is 11.9. The molecule has 0 spiro atoms. The molecule has 4 rings (SSSR count). The third kappa shape index (κ3) is 6.59. The van der Waals surface area contributed by atoms with Crippen LogP contribution in [-0.4, -0.2) is 52.0 Å². The number of nitrogens with one attached hydrogen (secondary N) is 1. The monoisotopic (exact) mass is 489 g/mol. The highest BCUT2D eigenvalue weighted by Crippen LogP contribution is 2.25. The second-order valence-corrected chi connectivity index (χ2v) is 8.50. The van der Waals surface area contributed by atoms with E-state index >= 15 is 0 Å². The number of carboxylic acid groups (broad SMARTS) is 1. The van der Waals surface area contributed by atoms with Crippen LogP contribution in [0.25, 0.3) is 0 Å². The topological polar surface area (TPSA) is 118 Å². The zero-order valence-electron chi connectivity index (χ0n) is 19.8. The summed E-state index contributed by atoms with van der Waals surface area (Å²) in [6, 6.07) is 16.8. The van der Waals surface area contributed by atoms with E-state index in [0.29, 0.717) is 29.5 Å². The van der Waals surface area contributed by atoms with Gasteiger partial charge in [-0.2, -0.15) is 0 Å². The van der Waals surface area contributed by atoms with Crippen LogP contribution in [0.4, 0.5) is 5.69 Å². The van der Waals surface area contributed by atoms with Gasteiger partial charge >= 0.3 is 5.97 Å². The third-order valence-electron chi connectivity index (χ3n) is 5.77. The predicted octanol–water partition coefficient (Wildman–Crippen LogP) is 4.14. The lowest BCUT2D eigenvalue weighted by Gasteiger charge is -2.32. The van der Waals surface area contributed by atoms with Crippen LogP contribution < -0.4 is 14.8 Å². The van der Waals surface area contributed by atoms with E-state index in [-0.39, 0.29) is 35.6 Å². The largest absolute Gasteiger partial charge is 0.489 e. The van der Waals surface area contributed by atoms with E-state index in [4.69, 9.17) is 9.47 Å². The number of carbonyl (C=O) groups is 3. The fourth-order valence-electron chi connectivity index (χ4n) is 3.95. The van der Waals surface area contributed by atoms with Crippen molar-refractivity contribution < 1.29 is 29.0 Å². The van der Waals surface area contributed by atoms with Crippen LogP contribution in [0.5, 0.6) is 17.4 Å². The second-order valence-electron chi connectivity index (χ2n) is 8.50. The maximum atomic E-state index is 12.4. The molecule has 2 heterocycles. The van der Waals surface area contributed by atoms with Crippen molar-refractivity contribution in [3.63, 3.8) is 0 Å². The molecule has 0 radical (unpaired) electrons. The molecule has 1 aromatic heterocycles. The molecule has 3 aromatic rings. The molecule has 2 amide bonds. The first-order valence-electron chi connectivity index (χ1n) is 11.6. The van der Waals surface area contributed by atoms with Gasteiger partial charge in [0.25, 0.3) is 0 Å². The number of carbonyl (C=O) groups excluding carboxylic acids is 2. The fraction of sp³-hybridized carbons (Fsp3) is 0.259. The Hall–Kier alpha value is -4.40. The van der Waals surface area contributed by atoms with Crippen molar-refractivity contribution in [2.24, 2.45) is 0 Å². The molecular formula is C27H27N3O6. The van der Waals surface area contributed by atoms with Crippen LogP contribution >= 0.6 is 0 Å². The third-order valence-corrected chi connectivity index (χ3v) is 5.77. The first-order chi connectivity index (χ1) is 17.4. The summed E-state index contributed by atoms with van der Waals surface area (Å²) < 4.78 is 11.8. The van der Waals surface area contributed by atoms with Crippen molar-refractivity contribution in [2.45, 2.75) is 32.3 Å². The Morgan fingerprint density at radius 3 is 2.50 bits per heavy atom. The van der Waals surface area contributed by atoms with E-state index < -0.39 is 5.97 Å². The van der Waals surface area contributed by atoms with Crippen molar-refractivity contribution in [1.29, 1.82) is 0 Å². The van der Waals surface area contributed by atoms with E-state index in [9.17, 15) is 19.5 Å². The van der Waals surface area contributed by atoms with Crippen LogP contribution in [0.3, 0.4) is 0 Å². The van der Waals surface area contributed by atoms with Gasteiger partial charge in [-0.05, 0) is 54.8 Å². The number of benzene rings is 2. The van der Waals surface area contributed by atoms with Gasteiger partial charge in [0.15, 0.2) is 0 Å². The Morgan fingerprint density at radius 1 is 1.06 bits per heavy atom. The SMILES string of the molecule is CC(=O)N1CCCC(Oc2ccc(Oc3ccc(CC(=O)Nc4ccccc4C(=O)O)cn3)cc2)C1. The summed E-state index contributed by atoms with van der Waals surface area (Å²) >= 11 is 0. The summed E-state index contributed by atoms with van der Waals surface area (Å²) in [5.74, 6) is 0.265. The van der Waals surface area contributed by atoms with Crippen molar-refractivity contribution in [3.05, 3.63) is 78.0 Å². The normalized spacial score (nSPS) is 15.1. The zero-order valence-corrected chi connectivity index (χ0v) is 19.8. The molecule has 1 fully saturated rings. The summed E-state index contributed by atoms with van der Waals surface area (Å²) in [7, 11) is 0. The number of anilines is 1. The van der Waals surface area contributed by atoms with E-state index in [1.54, 1.807) is 60.5 Å². The van der Waals surface area contributed by atoms with E-state index in [1.807, 2.05) is 12.1 Å². The molecule has 9 heteroatoms. The lowest BCUT2D eigenvalue weighted by atomic mass is 10.1. The highest BCUT2D eigenvalue weighted by Gasteiger charge is 2.22. The molecule has 186 valence electrons. The molecule has 1 aliphatic heterocycles. The number of aromatic nitrogens is 1. The quantitative estimate of drug-likeness (QED) is 0.488. The van der Waals surface area contributed by atoms with E-state index in [1.165, 1.54) is 6.07 Å². The first kappa shape index (κ1) is 24.7. The molecule has 36 heavy (non-hydrogen) atoms. The van der Waals surface area contributed by atoms with Crippen molar-refractivity contribution in [1.82, 2.24) is 9.88 Å². The summed E-state index contributed by atoms with van der Waals surface area (Å²) in [4.78, 5) is 41.3. The summed E-state index contributed by atoms with van der Waals surface area (Å²) in [6.45, 7) is 2.94. The van der Waals surface area contributed by atoms with Gasteiger partial charge in [-0.15, -0.1) is 0 Å². The Kier molecular flexibility index (Phi) is 7.79. The lowest BCUT2D eigenvalue weighted by Crippen LogP contribution is -2.43. The van der Waals surface area contributed by atoms with Gasteiger partial charge in [-0.3, -0.25) is 9.59 Å². The highest BCUT2D eigenvalue weighted by molar-refractivity contribution is 6.00. The van der Waals surface area contributed by atoms with Gasteiger partial charge < -0.3 is 24.8 Å². The number of hydrogen-bond donors (Lipinski definition) is 2. The number of carboxylic acids is 1. The molecule has 9 nitrogen and oxygen atoms in total. The number of piperidine rings is 1. The van der Waals surface area contributed by atoms with E-state index in [0.717, 1.165) is 19.4 Å². The van der Waals surface area contributed by atoms with Gasteiger partial charge in [0.2, 0.25) is 17.7 Å². The van der Waals surface area contributed by atoms with Crippen molar-refractivity contribution in [3.8, 4) is 17.4 Å². The molecule has 0 aliphatic carbocycles. The standard InChI is InChI=1S/C27H27N3O6/c1-18(31)30-14-4-5-22(17-30)35-20-9-11-21(12-10-20)36-26-13-8-19(16-28-26)15-25(32)29-24-7-3-2-6-23(24)27(33)34/h2-3,6-13,16,22H,4-5,14-15,17H2,1H3,(H,29,32)(H,33,34). The Morgan fingerprint density at radius 2 is 1.81 bits per heavy atom. The Labute approximate surface area is 208 Å². The number of aromatic carboxylic acids is 1. The number of ether oxygens (including phenoxy) is 2. The molecule has 2 aromatic carbocycles. The molecular weight excluding hydrogens is 462 g/mol. The van der Waals surface area contributed by atoms with Gasteiger partial charge in [-0.25, -0.2) is 9.78 Å². The lowest BCUT2D eigenvalue weighted by molar-refractivity contribution is -0.131. The van der Waals surface area contributed by atoms with Crippen LogP contribution in [0.15, 0.2) is 66.9 Å². The maximum absolute atomic E-state index is 12.4. The number of hydrogen-bond acceptors (Lipinski definition) is 6. The molecule has 0 saturated carbocycles. The van der Waals surface area contributed by atoms with Crippen molar-refractivity contribution in [2.75, 3.05) is 18.4 Å². The average molecular weight is 490 g/mol. The number of rotatable bonds is 8. The van der Waals surface area contributed by atoms with Gasteiger partial charge in [-0.1, -0.05) is 18.2 Å². The minimum atomic E-state index is -1.11. The highest BCUT2D eigenvalue weighted by atomic mass is 16.5. The second kappa shape index (κ2) is 11.4. The number of amides is 2. The van der Waals surface area contributed by atoms with Crippen LogP contribution in [0, 0.1) is 0 Å². The number of pyridine rings is 1. The van der Waals surface area contributed by atoms with Crippen LogP contribution in [-0.2, 0) is 16.0 Å². The predicted molar refractivity (Wildman–Crippen MR) is 132 cm³/mol. The Bertz CT molecular complexity index is 1230. The fourth-order valence-corrected chi connectivity index (χ4v) is 3.95. The smallest absolute Gasteiger partial charge is 0.337 e. The minimum absolute atomic E-state index is 0.0286. The number of nitrogens with zero attached hydrogens (tertiary/aromatic N) is 2. The minimum Gasteiger partial charge on any atom is -0.489 e. The maximum Gasteiger partial charge on any atom is 0.337 e. The van der Waals surface area contributed by atoms with Gasteiger partial charge in [0.05, 0.1) is 24.2 Å². The molecule has 1 saturated heterocycles. The first-order valence-corrected chi connectivity index (χ1v) is 11.6. The molecule has 1 aliphatic rings. The van der Waals surface area contributed by atoms with Gasteiger partial charge in [0.1, 0.15) is 17.6 Å².